The average molecular weight is 390 g/mol. The summed E-state index contributed by atoms with van der Waals surface area (Å²) in [5.74, 6) is -0.765. The maximum absolute atomic E-state index is 12.0. The molecule has 0 spiro atoms. The summed E-state index contributed by atoms with van der Waals surface area (Å²) in [6, 6.07) is 4.53. The summed E-state index contributed by atoms with van der Waals surface area (Å²) in [5, 5.41) is 6.18. The van der Waals surface area contributed by atoms with Gasteiger partial charge in [-0.05, 0) is 50.0 Å². The van der Waals surface area contributed by atoms with Gasteiger partial charge in [-0.25, -0.2) is 0 Å². The van der Waals surface area contributed by atoms with Crippen LogP contribution in [0.4, 0.5) is 11.4 Å². The van der Waals surface area contributed by atoms with Crippen molar-refractivity contribution in [2.45, 2.75) is 45.1 Å². The van der Waals surface area contributed by atoms with Gasteiger partial charge in [0.2, 0.25) is 5.91 Å². The molecule has 146 valence electrons. The van der Waals surface area contributed by atoms with Crippen molar-refractivity contribution in [1.82, 2.24) is 0 Å². The molecular formula is C19H27N5O2S. The zero-order valence-corrected chi connectivity index (χ0v) is 16.3. The second kappa shape index (κ2) is 9.36. The standard InChI is InChI=1S/C19H27N5O2S/c1-11(20)9-16(27)24-15-10-13(7-8-14(15)18(21)25)23-17(19(22)26)12-5-3-2-4-6-12/h7-10,12,17,23H,2-6,20H2,1H3,(H2,21,25)(H2,22,26)(H,24,27)/t17-/m1/s1. The molecule has 1 atom stereocenters. The van der Waals surface area contributed by atoms with Crippen molar-refractivity contribution < 1.29 is 9.59 Å². The van der Waals surface area contributed by atoms with Crippen LogP contribution in [0.3, 0.4) is 0 Å². The number of carbonyl (C=O) groups is 2. The van der Waals surface area contributed by atoms with Gasteiger partial charge in [-0.15, -0.1) is 0 Å². The number of anilines is 2. The van der Waals surface area contributed by atoms with Gasteiger partial charge in [0.1, 0.15) is 11.0 Å². The summed E-state index contributed by atoms with van der Waals surface area (Å²) in [4.78, 5) is 24.1. The van der Waals surface area contributed by atoms with Crippen LogP contribution < -0.4 is 27.8 Å². The van der Waals surface area contributed by atoms with E-state index in [2.05, 4.69) is 10.6 Å². The first-order valence-corrected chi connectivity index (χ1v) is 9.43. The zero-order valence-electron chi connectivity index (χ0n) is 15.5. The Morgan fingerprint density at radius 2 is 1.85 bits per heavy atom. The summed E-state index contributed by atoms with van der Waals surface area (Å²) in [5.41, 5.74) is 18.7. The lowest BCUT2D eigenvalue weighted by atomic mass is 9.83. The molecular weight excluding hydrogens is 362 g/mol. The van der Waals surface area contributed by atoms with Crippen LogP contribution in [0.5, 0.6) is 0 Å². The number of rotatable bonds is 7. The van der Waals surface area contributed by atoms with Gasteiger partial charge in [0, 0.05) is 11.4 Å². The number of thiocarbonyl (C=S) groups is 1. The summed E-state index contributed by atoms with van der Waals surface area (Å²) in [6.07, 6.45) is 6.90. The molecule has 0 saturated heterocycles. The average Bonchev–Trinajstić information content (AvgIpc) is 2.59. The molecule has 1 saturated carbocycles. The molecule has 0 aromatic heterocycles. The lowest BCUT2D eigenvalue weighted by Gasteiger charge is -2.29. The number of primary amides is 2. The molecule has 8 heteroatoms. The lowest BCUT2D eigenvalue weighted by Crippen LogP contribution is -2.42. The van der Waals surface area contributed by atoms with Crippen molar-refractivity contribution in [1.29, 1.82) is 0 Å². The molecule has 0 unspecified atom stereocenters. The van der Waals surface area contributed by atoms with Crippen LogP contribution in [0.25, 0.3) is 0 Å². The normalized spacial score (nSPS) is 16.4. The van der Waals surface area contributed by atoms with E-state index in [1.807, 2.05) is 0 Å². The zero-order chi connectivity index (χ0) is 20.0. The lowest BCUT2D eigenvalue weighted by molar-refractivity contribution is -0.120. The van der Waals surface area contributed by atoms with E-state index in [-0.39, 0.29) is 11.8 Å². The van der Waals surface area contributed by atoms with Crippen LogP contribution in [0.2, 0.25) is 0 Å². The van der Waals surface area contributed by atoms with E-state index in [0.717, 1.165) is 25.7 Å². The highest BCUT2D eigenvalue weighted by Crippen LogP contribution is 2.29. The molecule has 0 bridgehead atoms. The summed E-state index contributed by atoms with van der Waals surface area (Å²) in [6.45, 7) is 1.71. The van der Waals surface area contributed by atoms with Gasteiger partial charge >= 0.3 is 0 Å². The number of allylic oxidation sites excluding steroid dienone is 1. The fourth-order valence-corrected chi connectivity index (χ4v) is 3.69. The summed E-state index contributed by atoms with van der Waals surface area (Å²) in [7, 11) is 0. The maximum Gasteiger partial charge on any atom is 0.250 e. The molecule has 0 aliphatic heterocycles. The maximum atomic E-state index is 12.0. The van der Waals surface area contributed by atoms with Gasteiger partial charge in [-0.3, -0.25) is 9.59 Å². The quantitative estimate of drug-likeness (QED) is 0.358. The smallest absolute Gasteiger partial charge is 0.250 e. The molecule has 2 rings (SSSR count). The van der Waals surface area contributed by atoms with Crippen LogP contribution in [0.1, 0.15) is 49.4 Å². The van der Waals surface area contributed by atoms with Gasteiger partial charge < -0.3 is 27.8 Å². The third kappa shape index (κ3) is 5.96. The van der Waals surface area contributed by atoms with Gasteiger partial charge in [0.05, 0.1) is 11.3 Å². The SMILES string of the molecule is CC(N)=CC(=S)Nc1cc(N[C@@H](C(N)=O)C2CCCCC2)ccc1C(N)=O. The van der Waals surface area contributed by atoms with E-state index in [4.69, 9.17) is 29.4 Å². The first-order valence-electron chi connectivity index (χ1n) is 9.02. The fraction of sp³-hybridized carbons (Fsp3) is 0.421. The number of nitrogens with one attached hydrogen (secondary N) is 2. The number of hydrogen-bond donors (Lipinski definition) is 5. The highest BCUT2D eigenvalue weighted by Gasteiger charge is 2.28. The second-order valence-corrected chi connectivity index (χ2v) is 7.36. The van der Waals surface area contributed by atoms with Crippen LogP contribution >= 0.6 is 12.2 Å². The Morgan fingerprint density at radius 3 is 2.41 bits per heavy atom. The Bertz CT molecular complexity index is 752. The molecule has 27 heavy (non-hydrogen) atoms. The van der Waals surface area contributed by atoms with Crippen LogP contribution in [-0.2, 0) is 4.79 Å². The van der Waals surface area contributed by atoms with Crippen LogP contribution in [0.15, 0.2) is 30.0 Å². The summed E-state index contributed by atoms with van der Waals surface area (Å²) >= 11 is 5.22. The van der Waals surface area contributed by atoms with Gasteiger partial charge in [-0.2, -0.15) is 0 Å². The molecule has 1 fully saturated rings. The Kier molecular flexibility index (Phi) is 7.18. The minimum absolute atomic E-state index is 0.201. The largest absolute Gasteiger partial charge is 0.402 e. The molecule has 1 aromatic carbocycles. The minimum Gasteiger partial charge on any atom is -0.402 e. The van der Waals surface area contributed by atoms with E-state index in [1.165, 1.54) is 6.42 Å². The number of benzene rings is 1. The highest BCUT2D eigenvalue weighted by molar-refractivity contribution is 7.81. The molecule has 0 heterocycles. The number of hydrogen-bond acceptors (Lipinski definition) is 5. The first kappa shape index (κ1) is 20.7. The molecule has 1 aromatic rings. The van der Waals surface area contributed by atoms with Crippen molar-refractivity contribution in [2.75, 3.05) is 10.6 Å². The van der Waals surface area contributed by atoms with Crippen LogP contribution in [0, 0.1) is 5.92 Å². The highest BCUT2D eigenvalue weighted by atomic mass is 32.1. The molecule has 2 amide bonds. The molecule has 0 radical (unpaired) electrons. The predicted molar refractivity (Wildman–Crippen MR) is 112 cm³/mol. The van der Waals surface area contributed by atoms with E-state index >= 15 is 0 Å². The second-order valence-electron chi connectivity index (χ2n) is 6.92. The molecule has 7 nitrogen and oxygen atoms in total. The monoisotopic (exact) mass is 389 g/mol. The first-order chi connectivity index (χ1) is 12.8. The molecule has 8 N–H and O–H groups in total. The Balaban J connectivity index is 2.26. The summed E-state index contributed by atoms with van der Waals surface area (Å²) < 4.78 is 0. The third-order valence-corrected chi connectivity index (χ3v) is 4.87. The fourth-order valence-electron chi connectivity index (χ4n) is 3.40. The van der Waals surface area contributed by atoms with Crippen molar-refractivity contribution in [2.24, 2.45) is 23.1 Å². The van der Waals surface area contributed by atoms with Crippen LogP contribution in [-0.4, -0.2) is 22.8 Å². The third-order valence-electron chi connectivity index (χ3n) is 4.65. The Morgan fingerprint density at radius 1 is 1.19 bits per heavy atom. The number of nitrogens with two attached hydrogens (primary N) is 3. The van der Waals surface area contributed by atoms with Crippen molar-refractivity contribution in [3.8, 4) is 0 Å². The molecule has 1 aliphatic rings. The van der Waals surface area contributed by atoms with E-state index in [1.54, 1.807) is 31.2 Å². The number of carbonyl (C=O) groups excluding carboxylic acids is 2. The van der Waals surface area contributed by atoms with Crippen molar-refractivity contribution in [3.63, 3.8) is 0 Å². The van der Waals surface area contributed by atoms with Crippen molar-refractivity contribution in [3.05, 3.63) is 35.5 Å². The van der Waals surface area contributed by atoms with Crippen molar-refractivity contribution >= 4 is 40.4 Å². The van der Waals surface area contributed by atoms with Gasteiger partial charge in [0.15, 0.2) is 0 Å². The Hall–Kier alpha value is -2.61. The van der Waals surface area contributed by atoms with Gasteiger partial charge in [0.25, 0.3) is 5.91 Å². The predicted octanol–water partition coefficient (Wildman–Crippen LogP) is 2.23. The molecule has 1 aliphatic carbocycles. The topological polar surface area (TPSA) is 136 Å². The van der Waals surface area contributed by atoms with E-state index in [9.17, 15) is 9.59 Å². The van der Waals surface area contributed by atoms with Gasteiger partial charge in [-0.1, -0.05) is 31.5 Å². The van der Waals surface area contributed by atoms with E-state index in [0.29, 0.717) is 27.6 Å². The Labute approximate surface area is 164 Å². The minimum atomic E-state index is -0.584. The van der Waals surface area contributed by atoms with E-state index < -0.39 is 11.9 Å². The number of amides is 2.